The Morgan fingerprint density at radius 1 is 1.41 bits per heavy atom. The largest absolute Gasteiger partial charge is 0.481 e. The molecule has 0 heterocycles. The topological polar surface area (TPSA) is 49.3 Å². The average Bonchev–Trinajstić information content (AvgIpc) is 2.69. The third-order valence-electron chi connectivity index (χ3n) is 3.14. The molecule has 0 saturated carbocycles. The van der Waals surface area contributed by atoms with Crippen LogP contribution < -0.4 is 5.32 Å². The van der Waals surface area contributed by atoms with Crippen LogP contribution in [0.4, 0.5) is 0 Å². The average molecular weight is 231 g/mol. The van der Waals surface area contributed by atoms with Crippen molar-refractivity contribution >= 4 is 12.0 Å². The monoisotopic (exact) mass is 231 g/mol. The highest BCUT2D eigenvalue weighted by Gasteiger charge is 2.28. The van der Waals surface area contributed by atoms with E-state index in [1.54, 1.807) is 13.8 Å². The lowest BCUT2D eigenvalue weighted by molar-refractivity contribution is -0.146. The fourth-order valence-corrected chi connectivity index (χ4v) is 1.87. The first kappa shape index (κ1) is 11.9. The van der Waals surface area contributed by atoms with Gasteiger partial charge >= 0.3 is 5.97 Å². The normalized spacial score (nSPS) is 18.1. The van der Waals surface area contributed by atoms with Crippen LogP contribution in [0, 0.1) is 5.41 Å². The number of hydrogen-bond donors (Lipinski definition) is 2. The van der Waals surface area contributed by atoms with Crippen molar-refractivity contribution in [2.24, 2.45) is 5.41 Å². The van der Waals surface area contributed by atoms with E-state index in [1.165, 1.54) is 11.1 Å². The fraction of sp³-hybridized carbons (Fsp3) is 0.357. The summed E-state index contributed by atoms with van der Waals surface area (Å²) in [5.41, 5.74) is 1.68. The molecule has 90 valence electrons. The molecule has 0 bridgehead atoms. The molecule has 0 aromatic heterocycles. The summed E-state index contributed by atoms with van der Waals surface area (Å²) in [6.45, 7) is 3.91. The second-order valence-electron chi connectivity index (χ2n) is 5.04. The van der Waals surface area contributed by atoms with Gasteiger partial charge in [0.1, 0.15) is 0 Å². The number of fused-ring (bicyclic) bond motifs is 1. The van der Waals surface area contributed by atoms with E-state index in [2.05, 4.69) is 29.6 Å². The minimum atomic E-state index is -0.778. The Balaban J connectivity index is 2.04. The minimum Gasteiger partial charge on any atom is -0.481 e. The van der Waals surface area contributed by atoms with Crippen LogP contribution in [0.5, 0.6) is 0 Å². The Labute approximate surface area is 101 Å². The maximum absolute atomic E-state index is 11.0. The summed E-state index contributed by atoms with van der Waals surface area (Å²) < 4.78 is 0. The molecule has 1 aliphatic rings. The molecule has 0 aliphatic heterocycles. The van der Waals surface area contributed by atoms with Crippen LogP contribution in [0.25, 0.3) is 6.08 Å². The Bertz CT molecular complexity index is 463. The number of nitrogens with one attached hydrogen (secondary N) is 1. The highest BCUT2D eigenvalue weighted by atomic mass is 16.4. The maximum atomic E-state index is 11.0. The number of benzene rings is 1. The fourth-order valence-electron chi connectivity index (χ4n) is 1.87. The van der Waals surface area contributed by atoms with Crippen LogP contribution in [-0.4, -0.2) is 17.6 Å². The molecular weight excluding hydrogens is 214 g/mol. The summed E-state index contributed by atoms with van der Waals surface area (Å²) in [5, 5.41) is 12.3. The number of carboxylic acid groups (broad SMARTS) is 1. The Hall–Kier alpha value is -1.61. The van der Waals surface area contributed by atoms with Gasteiger partial charge in [-0.25, -0.2) is 0 Å². The standard InChI is InChI=1S/C14H17NO2/c1-14(2,13(16)17)9-15-12-8-7-10-5-3-4-6-11(10)12/h3-8,12,15H,9H2,1-2H3,(H,16,17)/t12-/m1/s1. The van der Waals surface area contributed by atoms with Crippen molar-refractivity contribution in [1.29, 1.82) is 0 Å². The van der Waals surface area contributed by atoms with Crippen molar-refractivity contribution in [3.63, 3.8) is 0 Å². The molecule has 0 saturated heterocycles. The predicted octanol–water partition coefficient (Wildman–Crippen LogP) is 2.45. The smallest absolute Gasteiger partial charge is 0.310 e. The van der Waals surface area contributed by atoms with Crippen LogP contribution in [0.15, 0.2) is 30.3 Å². The van der Waals surface area contributed by atoms with E-state index in [0.717, 1.165) is 0 Å². The Morgan fingerprint density at radius 2 is 2.12 bits per heavy atom. The molecule has 0 fully saturated rings. The molecule has 1 atom stereocenters. The predicted molar refractivity (Wildman–Crippen MR) is 67.6 cm³/mol. The quantitative estimate of drug-likeness (QED) is 0.836. The first-order valence-electron chi connectivity index (χ1n) is 5.74. The maximum Gasteiger partial charge on any atom is 0.310 e. The molecule has 17 heavy (non-hydrogen) atoms. The van der Waals surface area contributed by atoms with Gasteiger partial charge in [-0.15, -0.1) is 0 Å². The van der Waals surface area contributed by atoms with Crippen molar-refractivity contribution in [2.75, 3.05) is 6.54 Å². The van der Waals surface area contributed by atoms with Gasteiger partial charge in [0, 0.05) is 6.54 Å². The lowest BCUT2D eigenvalue weighted by atomic mass is 9.93. The molecule has 2 rings (SSSR count). The van der Waals surface area contributed by atoms with Crippen molar-refractivity contribution in [3.8, 4) is 0 Å². The molecule has 0 amide bonds. The molecule has 1 aromatic rings. The van der Waals surface area contributed by atoms with Crippen LogP contribution in [0.1, 0.15) is 31.0 Å². The highest BCUT2D eigenvalue weighted by Crippen LogP contribution is 2.28. The summed E-state index contributed by atoms with van der Waals surface area (Å²) in [6, 6.07) is 8.27. The third-order valence-corrected chi connectivity index (χ3v) is 3.14. The van der Waals surface area contributed by atoms with E-state index >= 15 is 0 Å². The zero-order valence-corrected chi connectivity index (χ0v) is 10.1. The third kappa shape index (κ3) is 2.39. The van der Waals surface area contributed by atoms with Gasteiger partial charge in [-0.2, -0.15) is 0 Å². The van der Waals surface area contributed by atoms with Crippen LogP contribution in [-0.2, 0) is 4.79 Å². The van der Waals surface area contributed by atoms with Crippen molar-refractivity contribution < 1.29 is 9.90 Å². The van der Waals surface area contributed by atoms with Gasteiger partial charge in [0.15, 0.2) is 0 Å². The van der Waals surface area contributed by atoms with Crippen LogP contribution in [0.2, 0.25) is 0 Å². The first-order valence-corrected chi connectivity index (χ1v) is 5.74. The number of aliphatic carboxylic acids is 1. The van der Waals surface area contributed by atoms with Gasteiger partial charge < -0.3 is 10.4 Å². The Kier molecular flexibility index (Phi) is 3.03. The number of carbonyl (C=O) groups is 1. The summed E-state index contributed by atoms with van der Waals surface area (Å²) in [6.07, 6.45) is 4.14. The van der Waals surface area contributed by atoms with Crippen molar-refractivity contribution in [1.82, 2.24) is 5.32 Å². The Morgan fingerprint density at radius 3 is 2.82 bits per heavy atom. The SMILES string of the molecule is CC(C)(CN[C@@H]1C=Cc2ccccc21)C(=O)O. The van der Waals surface area contributed by atoms with Gasteiger partial charge in [0.2, 0.25) is 0 Å². The number of carboxylic acids is 1. The van der Waals surface area contributed by atoms with Gasteiger partial charge in [0.05, 0.1) is 11.5 Å². The molecule has 0 radical (unpaired) electrons. The second-order valence-corrected chi connectivity index (χ2v) is 5.04. The van der Waals surface area contributed by atoms with E-state index in [4.69, 9.17) is 5.11 Å². The van der Waals surface area contributed by atoms with E-state index in [-0.39, 0.29) is 6.04 Å². The summed E-state index contributed by atoms with van der Waals surface area (Å²) in [5.74, 6) is -0.778. The molecule has 0 spiro atoms. The van der Waals surface area contributed by atoms with Gasteiger partial charge in [-0.1, -0.05) is 36.4 Å². The second kappa shape index (κ2) is 4.34. The van der Waals surface area contributed by atoms with Crippen molar-refractivity contribution in [3.05, 3.63) is 41.5 Å². The highest BCUT2D eigenvalue weighted by molar-refractivity contribution is 5.74. The molecule has 2 N–H and O–H groups in total. The minimum absolute atomic E-state index is 0.129. The van der Waals surface area contributed by atoms with E-state index in [9.17, 15) is 4.79 Å². The van der Waals surface area contributed by atoms with Gasteiger partial charge in [0.25, 0.3) is 0 Å². The lowest BCUT2D eigenvalue weighted by Gasteiger charge is -2.22. The van der Waals surface area contributed by atoms with Crippen LogP contribution >= 0.6 is 0 Å². The molecule has 3 nitrogen and oxygen atoms in total. The van der Waals surface area contributed by atoms with Crippen molar-refractivity contribution in [2.45, 2.75) is 19.9 Å². The summed E-state index contributed by atoms with van der Waals surface area (Å²) in [7, 11) is 0. The van der Waals surface area contributed by atoms with E-state index in [0.29, 0.717) is 6.54 Å². The van der Waals surface area contributed by atoms with Gasteiger partial charge in [-0.05, 0) is 25.0 Å². The zero-order valence-electron chi connectivity index (χ0n) is 10.1. The van der Waals surface area contributed by atoms with E-state index < -0.39 is 11.4 Å². The molecule has 3 heteroatoms. The first-order chi connectivity index (χ1) is 8.00. The summed E-state index contributed by atoms with van der Waals surface area (Å²) >= 11 is 0. The zero-order chi connectivity index (χ0) is 12.5. The van der Waals surface area contributed by atoms with Gasteiger partial charge in [-0.3, -0.25) is 4.79 Å². The lowest BCUT2D eigenvalue weighted by Crippen LogP contribution is -2.37. The number of hydrogen-bond acceptors (Lipinski definition) is 2. The molecule has 0 unspecified atom stereocenters. The number of rotatable bonds is 4. The molecular formula is C14H17NO2. The molecule has 1 aromatic carbocycles. The van der Waals surface area contributed by atoms with E-state index in [1.807, 2.05) is 12.1 Å². The molecule has 1 aliphatic carbocycles. The van der Waals surface area contributed by atoms with Crippen LogP contribution in [0.3, 0.4) is 0 Å². The summed E-state index contributed by atoms with van der Waals surface area (Å²) in [4.78, 5) is 11.0.